The Morgan fingerprint density at radius 3 is 2.27 bits per heavy atom. The predicted octanol–water partition coefficient (Wildman–Crippen LogP) is 5.68. The van der Waals surface area contributed by atoms with E-state index >= 15 is 0 Å². The van der Waals surface area contributed by atoms with Gasteiger partial charge in [-0.3, -0.25) is 4.68 Å². The summed E-state index contributed by atoms with van der Waals surface area (Å²) in [7, 11) is 3.20. The highest BCUT2D eigenvalue weighted by atomic mass is 35.5. The molecule has 0 radical (unpaired) electrons. The van der Waals surface area contributed by atoms with Crippen LogP contribution in [0.25, 0.3) is 0 Å². The standard InChI is InChI=1S/C21H22Cl2N4O2S/c1-12-20(13(2)27(26-12)11-14-5-6-18(22)19(23)7-14)25-21(30)24-15-8-16(28-3)10-17(9-15)29-4/h5-10H,11H2,1-4H3,(H2,24,25,30). The number of aryl methyl sites for hydroxylation is 1. The lowest BCUT2D eigenvalue weighted by Gasteiger charge is -2.13. The molecule has 0 fully saturated rings. The minimum Gasteiger partial charge on any atom is -0.497 e. The summed E-state index contributed by atoms with van der Waals surface area (Å²) in [6.07, 6.45) is 0. The molecular weight excluding hydrogens is 443 g/mol. The van der Waals surface area contributed by atoms with Crippen LogP contribution in [0.2, 0.25) is 10.0 Å². The highest BCUT2D eigenvalue weighted by Gasteiger charge is 2.14. The van der Waals surface area contributed by atoms with Gasteiger partial charge < -0.3 is 20.1 Å². The van der Waals surface area contributed by atoms with Crippen LogP contribution in [-0.4, -0.2) is 29.1 Å². The SMILES string of the molecule is COc1cc(NC(=S)Nc2c(C)nn(Cc3ccc(Cl)c(Cl)c3)c2C)cc(OC)c1. The van der Waals surface area contributed by atoms with Crippen molar-refractivity contribution in [2.75, 3.05) is 24.9 Å². The molecule has 0 spiro atoms. The summed E-state index contributed by atoms with van der Waals surface area (Å²) in [5.74, 6) is 1.34. The second-order valence-corrected chi connectivity index (χ2v) is 7.86. The van der Waals surface area contributed by atoms with E-state index in [0.29, 0.717) is 33.2 Å². The Morgan fingerprint density at radius 1 is 1.00 bits per heavy atom. The Morgan fingerprint density at radius 2 is 1.67 bits per heavy atom. The van der Waals surface area contributed by atoms with E-state index in [-0.39, 0.29) is 0 Å². The van der Waals surface area contributed by atoms with Crippen molar-refractivity contribution >= 4 is 51.9 Å². The molecule has 2 N–H and O–H groups in total. The largest absolute Gasteiger partial charge is 0.497 e. The quantitative estimate of drug-likeness (QED) is 0.457. The number of aromatic nitrogens is 2. The Labute approximate surface area is 191 Å². The number of hydrogen-bond donors (Lipinski definition) is 2. The lowest BCUT2D eigenvalue weighted by atomic mass is 10.2. The average molecular weight is 465 g/mol. The normalized spacial score (nSPS) is 10.6. The second kappa shape index (κ2) is 9.55. The third-order valence-electron chi connectivity index (χ3n) is 4.55. The zero-order valence-corrected chi connectivity index (χ0v) is 19.4. The fraction of sp³-hybridized carbons (Fsp3) is 0.238. The summed E-state index contributed by atoms with van der Waals surface area (Å²) >= 11 is 17.6. The maximum atomic E-state index is 6.13. The van der Waals surface area contributed by atoms with E-state index < -0.39 is 0 Å². The highest BCUT2D eigenvalue weighted by Crippen LogP contribution is 2.27. The van der Waals surface area contributed by atoms with Crippen LogP contribution in [0.1, 0.15) is 17.0 Å². The molecule has 0 amide bonds. The maximum absolute atomic E-state index is 6.13. The van der Waals surface area contributed by atoms with Gasteiger partial charge in [-0.15, -0.1) is 0 Å². The maximum Gasteiger partial charge on any atom is 0.175 e. The molecule has 0 saturated carbocycles. The van der Waals surface area contributed by atoms with Crippen molar-refractivity contribution in [2.45, 2.75) is 20.4 Å². The molecule has 1 heterocycles. The van der Waals surface area contributed by atoms with E-state index in [0.717, 1.165) is 28.3 Å². The molecule has 0 aliphatic rings. The van der Waals surface area contributed by atoms with E-state index in [2.05, 4.69) is 15.7 Å². The van der Waals surface area contributed by atoms with Crippen molar-refractivity contribution in [1.82, 2.24) is 9.78 Å². The fourth-order valence-corrected chi connectivity index (χ4v) is 3.54. The van der Waals surface area contributed by atoms with Crippen LogP contribution in [0.5, 0.6) is 11.5 Å². The van der Waals surface area contributed by atoms with Gasteiger partial charge >= 0.3 is 0 Å². The number of hydrogen-bond acceptors (Lipinski definition) is 4. The number of nitrogens with zero attached hydrogens (tertiary/aromatic N) is 2. The van der Waals surface area contributed by atoms with Crippen LogP contribution in [0, 0.1) is 13.8 Å². The fourth-order valence-electron chi connectivity index (χ4n) is 3.00. The molecule has 3 aromatic rings. The summed E-state index contributed by atoms with van der Waals surface area (Å²) < 4.78 is 12.5. The summed E-state index contributed by atoms with van der Waals surface area (Å²) in [4.78, 5) is 0. The van der Waals surface area contributed by atoms with Gasteiger partial charge in [-0.25, -0.2) is 0 Å². The third kappa shape index (κ3) is 5.16. The van der Waals surface area contributed by atoms with Crippen LogP contribution in [-0.2, 0) is 6.54 Å². The second-order valence-electron chi connectivity index (χ2n) is 6.63. The van der Waals surface area contributed by atoms with Crippen molar-refractivity contribution in [1.29, 1.82) is 0 Å². The first-order valence-corrected chi connectivity index (χ1v) is 10.3. The number of ether oxygens (including phenoxy) is 2. The van der Waals surface area contributed by atoms with Gasteiger partial charge in [0.25, 0.3) is 0 Å². The molecule has 1 aromatic heterocycles. The summed E-state index contributed by atoms with van der Waals surface area (Å²) in [5, 5.41) is 12.5. The van der Waals surface area contributed by atoms with E-state index in [4.69, 9.17) is 44.9 Å². The van der Waals surface area contributed by atoms with Crippen LogP contribution in [0.4, 0.5) is 11.4 Å². The first kappa shape index (κ1) is 22.2. The van der Waals surface area contributed by atoms with Gasteiger partial charge in [0.2, 0.25) is 0 Å². The molecule has 6 nitrogen and oxygen atoms in total. The molecule has 0 aliphatic carbocycles. The number of nitrogens with one attached hydrogen (secondary N) is 2. The van der Waals surface area contributed by atoms with Gasteiger partial charge in [0.15, 0.2) is 5.11 Å². The Bertz CT molecular complexity index is 1060. The van der Waals surface area contributed by atoms with Crippen LogP contribution in [0.15, 0.2) is 36.4 Å². The van der Waals surface area contributed by atoms with Crippen LogP contribution < -0.4 is 20.1 Å². The molecule has 0 aliphatic heterocycles. The zero-order chi connectivity index (χ0) is 21.8. The number of thiocarbonyl (C=S) groups is 1. The molecule has 30 heavy (non-hydrogen) atoms. The topological polar surface area (TPSA) is 60.3 Å². The average Bonchev–Trinajstić information content (AvgIpc) is 2.97. The van der Waals surface area contributed by atoms with Gasteiger partial charge in [0.1, 0.15) is 11.5 Å². The molecule has 2 aromatic carbocycles. The molecule has 0 atom stereocenters. The first-order chi connectivity index (χ1) is 14.3. The molecule has 158 valence electrons. The van der Waals surface area contributed by atoms with Crippen molar-refractivity contribution in [3.05, 3.63) is 63.4 Å². The van der Waals surface area contributed by atoms with Crippen molar-refractivity contribution in [3.8, 4) is 11.5 Å². The Hall–Kier alpha value is -2.48. The van der Waals surface area contributed by atoms with Crippen LogP contribution in [0.3, 0.4) is 0 Å². The lowest BCUT2D eigenvalue weighted by molar-refractivity contribution is 0.395. The predicted molar refractivity (Wildman–Crippen MR) is 127 cm³/mol. The Kier molecular flexibility index (Phi) is 7.07. The summed E-state index contributed by atoms with van der Waals surface area (Å²) in [6.45, 7) is 4.48. The van der Waals surface area contributed by atoms with Gasteiger partial charge in [-0.1, -0.05) is 29.3 Å². The Balaban J connectivity index is 1.75. The van der Waals surface area contributed by atoms with Gasteiger partial charge in [-0.2, -0.15) is 5.10 Å². The molecule has 0 unspecified atom stereocenters. The number of anilines is 2. The van der Waals surface area contributed by atoms with E-state index in [9.17, 15) is 0 Å². The molecule has 0 bridgehead atoms. The van der Waals surface area contributed by atoms with Gasteiger partial charge in [0.05, 0.1) is 47.9 Å². The summed E-state index contributed by atoms with van der Waals surface area (Å²) in [5.41, 5.74) is 4.39. The first-order valence-electron chi connectivity index (χ1n) is 9.09. The molecule has 0 saturated heterocycles. The van der Waals surface area contributed by atoms with Crippen molar-refractivity contribution in [2.24, 2.45) is 0 Å². The number of benzene rings is 2. The minimum absolute atomic E-state index is 0.436. The lowest BCUT2D eigenvalue weighted by Crippen LogP contribution is -2.20. The van der Waals surface area contributed by atoms with Crippen molar-refractivity contribution < 1.29 is 9.47 Å². The molecule has 3 rings (SSSR count). The smallest absolute Gasteiger partial charge is 0.175 e. The van der Waals surface area contributed by atoms with Crippen LogP contribution >= 0.6 is 35.4 Å². The minimum atomic E-state index is 0.436. The molecular formula is C21H22Cl2N4O2S. The number of halogens is 2. The summed E-state index contributed by atoms with van der Waals surface area (Å²) in [6, 6.07) is 11.0. The van der Waals surface area contributed by atoms with E-state index in [1.807, 2.05) is 42.8 Å². The highest BCUT2D eigenvalue weighted by molar-refractivity contribution is 7.80. The molecule has 9 heteroatoms. The van der Waals surface area contributed by atoms with E-state index in [1.54, 1.807) is 26.4 Å². The van der Waals surface area contributed by atoms with E-state index in [1.165, 1.54) is 0 Å². The van der Waals surface area contributed by atoms with Gasteiger partial charge in [0, 0.05) is 23.9 Å². The number of rotatable bonds is 6. The van der Waals surface area contributed by atoms with Gasteiger partial charge in [-0.05, 0) is 43.8 Å². The third-order valence-corrected chi connectivity index (χ3v) is 5.49. The van der Waals surface area contributed by atoms with Crippen molar-refractivity contribution in [3.63, 3.8) is 0 Å². The number of methoxy groups -OCH3 is 2. The zero-order valence-electron chi connectivity index (χ0n) is 17.0. The monoisotopic (exact) mass is 464 g/mol.